The second-order valence-corrected chi connectivity index (χ2v) is 3.35. The predicted octanol–water partition coefficient (Wildman–Crippen LogP) is 1.37. The highest BCUT2D eigenvalue weighted by Gasteiger charge is 2.04. The molecule has 2 aromatic heterocycles. The van der Waals surface area contributed by atoms with Gasteiger partial charge in [0.15, 0.2) is 0 Å². The lowest BCUT2D eigenvalue weighted by Crippen LogP contribution is -1.92. The van der Waals surface area contributed by atoms with Gasteiger partial charge in [-0.3, -0.25) is 0 Å². The quantitative estimate of drug-likeness (QED) is 0.780. The van der Waals surface area contributed by atoms with E-state index in [9.17, 15) is 0 Å². The molecule has 0 unspecified atom stereocenters. The number of imidazole rings is 1. The summed E-state index contributed by atoms with van der Waals surface area (Å²) in [6, 6.07) is 1.92. The molecule has 0 atom stereocenters. The van der Waals surface area contributed by atoms with E-state index in [4.69, 9.17) is 10.5 Å². The van der Waals surface area contributed by atoms with Gasteiger partial charge in [0, 0.05) is 25.2 Å². The Hall–Kier alpha value is -1.55. The number of methoxy groups -OCH3 is 1. The first kappa shape index (κ1) is 9.02. The summed E-state index contributed by atoms with van der Waals surface area (Å²) in [6.45, 7) is 2.52. The summed E-state index contributed by atoms with van der Waals surface area (Å²) in [4.78, 5) is 4.43. The number of nitrogens with zero attached hydrogens (tertiary/aromatic N) is 2. The first-order chi connectivity index (χ1) is 6.70. The van der Waals surface area contributed by atoms with Crippen molar-refractivity contribution in [2.24, 2.45) is 0 Å². The lowest BCUT2D eigenvalue weighted by Gasteiger charge is -1.98. The third kappa shape index (κ3) is 1.44. The number of hydrogen-bond acceptors (Lipinski definition) is 3. The molecule has 0 aliphatic rings. The fraction of sp³-hybridized carbons (Fsp3) is 0.300. The molecule has 4 nitrogen and oxygen atoms in total. The number of fused-ring (bicyclic) bond motifs is 1. The lowest BCUT2D eigenvalue weighted by molar-refractivity contribution is 0.182. The number of ether oxygens (including phenoxy) is 1. The van der Waals surface area contributed by atoms with Crippen molar-refractivity contribution in [3.63, 3.8) is 0 Å². The van der Waals surface area contributed by atoms with Crippen molar-refractivity contribution in [1.82, 2.24) is 9.38 Å². The largest absolute Gasteiger partial charge is 0.398 e. The second kappa shape index (κ2) is 3.31. The van der Waals surface area contributed by atoms with Gasteiger partial charge in [-0.1, -0.05) is 0 Å². The summed E-state index contributed by atoms with van der Waals surface area (Å²) in [5.41, 5.74) is 9.41. The maximum absolute atomic E-state index is 5.73. The number of hydrogen-bond donors (Lipinski definition) is 1. The molecule has 0 aromatic carbocycles. The number of aromatic nitrogens is 2. The zero-order valence-corrected chi connectivity index (χ0v) is 8.32. The number of rotatable bonds is 2. The second-order valence-electron chi connectivity index (χ2n) is 3.35. The van der Waals surface area contributed by atoms with Crippen LogP contribution in [0.2, 0.25) is 0 Å². The molecule has 2 N–H and O–H groups in total. The molecular weight excluding hydrogens is 178 g/mol. The van der Waals surface area contributed by atoms with Gasteiger partial charge >= 0.3 is 0 Å². The van der Waals surface area contributed by atoms with Crippen LogP contribution in [0.3, 0.4) is 0 Å². The van der Waals surface area contributed by atoms with Crippen molar-refractivity contribution in [2.75, 3.05) is 12.8 Å². The zero-order valence-electron chi connectivity index (χ0n) is 8.32. The normalized spacial score (nSPS) is 11.0. The Kier molecular flexibility index (Phi) is 2.13. The van der Waals surface area contributed by atoms with Crippen molar-refractivity contribution in [3.8, 4) is 0 Å². The van der Waals surface area contributed by atoms with Crippen LogP contribution in [0.1, 0.15) is 11.3 Å². The van der Waals surface area contributed by atoms with Crippen molar-refractivity contribution in [2.45, 2.75) is 13.5 Å². The first-order valence-electron chi connectivity index (χ1n) is 4.43. The van der Waals surface area contributed by atoms with Gasteiger partial charge in [-0.25, -0.2) is 4.98 Å². The van der Waals surface area contributed by atoms with Crippen LogP contribution in [0.15, 0.2) is 18.5 Å². The van der Waals surface area contributed by atoms with Crippen LogP contribution in [0.4, 0.5) is 5.69 Å². The summed E-state index contributed by atoms with van der Waals surface area (Å²) in [6.07, 6.45) is 3.79. The first-order valence-corrected chi connectivity index (χ1v) is 4.43. The van der Waals surface area contributed by atoms with Crippen LogP contribution in [-0.2, 0) is 11.3 Å². The van der Waals surface area contributed by atoms with Crippen LogP contribution < -0.4 is 5.73 Å². The van der Waals surface area contributed by atoms with Gasteiger partial charge in [0.05, 0.1) is 12.3 Å². The standard InChI is InChI=1S/C10H13N3O/c1-7-3-8(11)4-13-5-9(6-14-2)12-10(7)13/h3-5H,6,11H2,1-2H3. The van der Waals surface area contributed by atoms with E-state index in [1.807, 2.05) is 29.8 Å². The fourth-order valence-corrected chi connectivity index (χ4v) is 1.56. The molecule has 0 aliphatic carbocycles. The van der Waals surface area contributed by atoms with Crippen LogP contribution in [0, 0.1) is 6.92 Å². The van der Waals surface area contributed by atoms with E-state index in [1.54, 1.807) is 7.11 Å². The van der Waals surface area contributed by atoms with Gasteiger partial charge in [-0.15, -0.1) is 0 Å². The molecule has 4 heteroatoms. The van der Waals surface area contributed by atoms with Crippen molar-refractivity contribution in [1.29, 1.82) is 0 Å². The summed E-state index contributed by atoms with van der Waals surface area (Å²) >= 11 is 0. The molecule has 2 aromatic rings. The van der Waals surface area contributed by atoms with Gasteiger partial charge in [0.25, 0.3) is 0 Å². The molecule has 0 bridgehead atoms. The molecular formula is C10H13N3O. The van der Waals surface area contributed by atoms with E-state index in [1.165, 1.54) is 0 Å². The van der Waals surface area contributed by atoms with E-state index >= 15 is 0 Å². The van der Waals surface area contributed by atoms with Crippen LogP contribution in [-0.4, -0.2) is 16.5 Å². The molecule has 0 fully saturated rings. The molecule has 2 heterocycles. The number of aryl methyl sites for hydroxylation is 1. The molecule has 0 spiro atoms. The fourth-order valence-electron chi connectivity index (χ4n) is 1.56. The predicted molar refractivity (Wildman–Crippen MR) is 55.1 cm³/mol. The van der Waals surface area contributed by atoms with Crippen molar-refractivity contribution in [3.05, 3.63) is 29.7 Å². The number of nitrogens with two attached hydrogens (primary N) is 1. The topological polar surface area (TPSA) is 52.5 Å². The number of pyridine rings is 1. The van der Waals surface area contributed by atoms with E-state index in [0.717, 1.165) is 22.6 Å². The molecule has 0 saturated heterocycles. The highest BCUT2D eigenvalue weighted by Crippen LogP contribution is 2.14. The molecule has 0 radical (unpaired) electrons. The SMILES string of the molecule is COCc1cn2cc(N)cc(C)c2n1. The highest BCUT2D eigenvalue weighted by molar-refractivity contribution is 5.54. The Bertz CT molecular complexity index is 462. The smallest absolute Gasteiger partial charge is 0.140 e. The van der Waals surface area contributed by atoms with Gasteiger partial charge in [0.1, 0.15) is 5.65 Å². The summed E-state index contributed by atoms with van der Waals surface area (Å²) in [7, 11) is 1.66. The minimum atomic E-state index is 0.529. The van der Waals surface area contributed by atoms with Crippen LogP contribution in [0.5, 0.6) is 0 Å². The van der Waals surface area contributed by atoms with Crippen LogP contribution in [0.25, 0.3) is 5.65 Å². The van der Waals surface area contributed by atoms with E-state index in [0.29, 0.717) is 6.61 Å². The third-order valence-electron chi connectivity index (χ3n) is 2.10. The van der Waals surface area contributed by atoms with E-state index < -0.39 is 0 Å². The lowest BCUT2D eigenvalue weighted by atomic mass is 10.3. The molecule has 74 valence electrons. The van der Waals surface area contributed by atoms with Crippen molar-refractivity contribution >= 4 is 11.3 Å². The zero-order chi connectivity index (χ0) is 10.1. The molecule has 0 aliphatic heterocycles. The van der Waals surface area contributed by atoms with Gasteiger partial charge < -0.3 is 14.9 Å². The average Bonchev–Trinajstić information content (AvgIpc) is 2.48. The van der Waals surface area contributed by atoms with Gasteiger partial charge in [0.2, 0.25) is 0 Å². The van der Waals surface area contributed by atoms with Gasteiger partial charge in [-0.2, -0.15) is 0 Å². The van der Waals surface area contributed by atoms with E-state index in [2.05, 4.69) is 4.98 Å². The number of nitrogen functional groups attached to an aromatic ring is 1. The van der Waals surface area contributed by atoms with Crippen LogP contribution >= 0.6 is 0 Å². The number of anilines is 1. The Balaban J connectivity index is 2.58. The average molecular weight is 191 g/mol. The van der Waals surface area contributed by atoms with Gasteiger partial charge in [-0.05, 0) is 18.6 Å². The Labute approximate surface area is 82.3 Å². The molecule has 0 amide bonds. The molecule has 2 rings (SSSR count). The third-order valence-corrected chi connectivity index (χ3v) is 2.10. The maximum Gasteiger partial charge on any atom is 0.140 e. The van der Waals surface area contributed by atoms with E-state index in [-0.39, 0.29) is 0 Å². The van der Waals surface area contributed by atoms with Crippen molar-refractivity contribution < 1.29 is 4.74 Å². The minimum Gasteiger partial charge on any atom is -0.398 e. The Morgan fingerprint density at radius 3 is 3.00 bits per heavy atom. The summed E-state index contributed by atoms with van der Waals surface area (Å²) < 4.78 is 6.95. The molecule has 0 saturated carbocycles. The summed E-state index contributed by atoms with van der Waals surface area (Å²) in [5, 5.41) is 0. The monoisotopic (exact) mass is 191 g/mol. The minimum absolute atomic E-state index is 0.529. The summed E-state index contributed by atoms with van der Waals surface area (Å²) in [5.74, 6) is 0. The molecule has 14 heavy (non-hydrogen) atoms. The maximum atomic E-state index is 5.73. The Morgan fingerprint density at radius 1 is 1.50 bits per heavy atom. The Morgan fingerprint density at radius 2 is 2.29 bits per heavy atom. The highest BCUT2D eigenvalue weighted by atomic mass is 16.5.